The van der Waals surface area contributed by atoms with Gasteiger partial charge in [0.05, 0.1) is 24.6 Å². The van der Waals surface area contributed by atoms with Crippen LogP contribution in [0.5, 0.6) is 5.75 Å². The van der Waals surface area contributed by atoms with E-state index in [0.717, 1.165) is 31.1 Å². The third kappa shape index (κ3) is 4.43. The fourth-order valence-electron chi connectivity index (χ4n) is 5.39. The van der Waals surface area contributed by atoms with Crippen LogP contribution in [0.25, 0.3) is 22.2 Å². The van der Waals surface area contributed by atoms with Crippen LogP contribution in [0.1, 0.15) is 58.1 Å². The van der Waals surface area contributed by atoms with Gasteiger partial charge in [-0.2, -0.15) is 0 Å². The molecule has 2 unspecified atom stereocenters. The summed E-state index contributed by atoms with van der Waals surface area (Å²) in [5.41, 5.74) is 7.61. The van der Waals surface area contributed by atoms with E-state index in [-0.39, 0.29) is 5.75 Å². The number of rotatable bonds is 3. The second kappa shape index (κ2) is 9.28. The molecule has 2 atom stereocenters. The van der Waals surface area contributed by atoms with Gasteiger partial charge in [-0.25, -0.2) is 13.8 Å². The highest BCUT2D eigenvalue weighted by molar-refractivity contribution is 7.87. The molecule has 0 amide bonds. The molecule has 2 heterocycles. The molecule has 0 saturated heterocycles. The number of carbonyl (C=O) groups excluding carboxylic acids is 1. The molecule has 1 fully saturated rings. The number of hydrogen-bond donors (Lipinski definition) is 1. The highest BCUT2D eigenvalue weighted by Gasteiger charge is 2.47. The Bertz CT molecular complexity index is 1430. The van der Waals surface area contributed by atoms with Crippen molar-refractivity contribution in [3.8, 4) is 17.0 Å². The van der Waals surface area contributed by atoms with Gasteiger partial charge in [0.15, 0.2) is 0 Å². The fraction of sp³-hybridized carbons (Fsp3) is 0.429. The minimum absolute atomic E-state index is 0.212. The van der Waals surface area contributed by atoms with Crippen LogP contribution < -0.4 is 10.5 Å². The second-order valence-electron chi connectivity index (χ2n) is 10.7. The molecule has 1 aromatic heterocycles. The number of para-hydroxylation sites is 1. The van der Waals surface area contributed by atoms with Gasteiger partial charge in [-0.05, 0) is 69.5 Å². The van der Waals surface area contributed by atoms with E-state index in [2.05, 4.69) is 4.99 Å². The number of fused-ring (bicyclic) bond motifs is 1. The van der Waals surface area contributed by atoms with Crippen molar-refractivity contribution >= 4 is 33.6 Å². The molecule has 7 nitrogen and oxygen atoms in total. The quantitative estimate of drug-likeness (QED) is 0.472. The van der Waals surface area contributed by atoms with E-state index in [1.165, 1.54) is 10.6 Å². The summed E-state index contributed by atoms with van der Waals surface area (Å²) in [6, 6.07) is 11.3. The maximum Gasteiger partial charge on any atom is 0.419 e. The summed E-state index contributed by atoms with van der Waals surface area (Å²) in [7, 11) is 0.289. The topological polar surface area (TPSA) is 95.9 Å². The van der Waals surface area contributed by atoms with Crippen molar-refractivity contribution in [3.05, 3.63) is 53.8 Å². The predicted molar refractivity (Wildman–Crippen MR) is 144 cm³/mol. The summed E-state index contributed by atoms with van der Waals surface area (Å²) in [6.07, 6.45) is 2.87. The Balaban J connectivity index is 1.64. The lowest BCUT2D eigenvalue weighted by Crippen LogP contribution is -2.50. The first-order valence-corrected chi connectivity index (χ1v) is 13.8. The van der Waals surface area contributed by atoms with Crippen LogP contribution >= 0.6 is 0 Å². The third-order valence-electron chi connectivity index (χ3n) is 7.15. The Morgan fingerprint density at radius 3 is 2.57 bits per heavy atom. The Hall–Kier alpha value is -3.20. The molecule has 0 bridgehead atoms. The van der Waals surface area contributed by atoms with E-state index < -0.39 is 39.1 Å². The van der Waals surface area contributed by atoms with E-state index in [1.807, 2.05) is 18.2 Å². The van der Waals surface area contributed by atoms with Gasteiger partial charge in [0.2, 0.25) is 0 Å². The van der Waals surface area contributed by atoms with E-state index >= 15 is 4.39 Å². The predicted octanol–water partition coefficient (Wildman–Crippen LogP) is 5.71. The van der Waals surface area contributed by atoms with Crippen LogP contribution in [-0.4, -0.2) is 43.9 Å². The maximum atomic E-state index is 15.2. The first kappa shape index (κ1) is 25.4. The van der Waals surface area contributed by atoms with Crippen molar-refractivity contribution < 1.29 is 22.9 Å². The van der Waals surface area contributed by atoms with Crippen molar-refractivity contribution in [1.82, 2.24) is 4.57 Å². The van der Waals surface area contributed by atoms with Crippen molar-refractivity contribution in [2.75, 3.05) is 12.9 Å². The molecule has 2 N–H and O–H groups in total. The van der Waals surface area contributed by atoms with Gasteiger partial charge >= 0.3 is 6.09 Å². The van der Waals surface area contributed by atoms with Crippen LogP contribution in [0.4, 0.5) is 9.18 Å². The normalized spacial score (nSPS) is 21.3. The monoisotopic (exact) mass is 525 g/mol. The lowest BCUT2D eigenvalue weighted by Gasteiger charge is -2.34. The lowest BCUT2D eigenvalue weighted by atomic mass is 10.0. The first-order valence-electron chi connectivity index (χ1n) is 12.5. The van der Waals surface area contributed by atoms with Gasteiger partial charge in [0.1, 0.15) is 33.3 Å². The molecule has 37 heavy (non-hydrogen) atoms. The summed E-state index contributed by atoms with van der Waals surface area (Å²) < 4.78 is 40.6. The number of halogens is 1. The highest BCUT2D eigenvalue weighted by Crippen LogP contribution is 2.42. The summed E-state index contributed by atoms with van der Waals surface area (Å²) in [5.74, 6) is 0.627. The Morgan fingerprint density at radius 2 is 1.92 bits per heavy atom. The highest BCUT2D eigenvalue weighted by atomic mass is 32.2. The summed E-state index contributed by atoms with van der Waals surface area (Å²) in [5, 5.41) is 0.773. The molecular formula is C28H32FN3O4S. The lowest BCUT2D eigenvalue weighted by molar-refractivity contribution is 0.0546. The molecule has 9 heteroatoms. The average Bonchev–Trinajstić information content (AvgIpc) is 3.48. The molecule has 196 valence electrons. The Morgan fingerprint density at radius 1 is 1.19 bits per heavy atom. The van der Waals surface area contributed by atoms with Crippen LogP contribution in [0.3, 0.4) is 0 Å². The van der Waals surface area contributed by atoms with Crippen molar-refractivity contribution in [2.45, 2.75) is 62.8 Å². The molecule has 2 aromatic carbocycles. The SMILES string of the molecule is COc1cccc2cc(-c3ccc(F)c(C4CS(=O)C5(CCCC5)C(N)=N4)c3)n(C(=O)OC(C)(C)C)c12. The molecule has 1 saturated carbocycles. The van der Waals surface area contributed by atoms with Gasteiger partial charge < -0.3 is 15.2 Å². The largest absolute Gasteiger partial charge is 0.495 e. The zero-order valence-electron chi connectivity index (χ0n) is 21.5. The van der Waals surface area contributed by atoms with Gasteiger partial charge in [-0.15, -0.1) is 0 Å². The van der Waals surface area contributed by atoms with Crippen LogP contribution in [-0.2, 0) is 15.5 Å². The number of amidine groups is 1. The molecule has 2 aliphatic rings. The average molecular weight is 526 g/mol. The first-order chi connectivity index (χ1) is 17.5. The number of nitrogens with zero attached hydrogens (tertiary/aromatic N) is 2. The smallest absolute Gasteiger partial charge is 0.419 e. The van der Waals surface area contributed by atoms with Gasteiger partial charge in [-0.1, -0.05) is 25.0 Å². The summed E-state index contributed by atoms with van der Waals surface area (Å²) in [4.78, 5) is 18.1. The third-order valence-corrected chi connectivity index (χ3v) is 9.26. The Kier molecular flexibility index (Phi) is 6.38. The standard InChI is InChI=1S/C28H32FN3O4S/c1-27(2,3)36-26(33)32-22(15-18-8-7-9-23(35-4)24(18)32)17-10-11-20(29)19(14-17)21-16-37(34)28(25(30)31-21)12-5-6-13-28/h7-11,14-15,21H,5-6,12-13,16H2,1-4H3,(H2,30,31). The van der Waals surface area contributed by atoms with Gasteiger partial charge in [0.25, 0.3) is 0 Å². The molecule has 5 rings (SSSR count). The van der Waals surface area contributed by atoms with Crippen molar-refractivity contribution in [2.24, 2.45) is 10.7 Å². The fourth-order valence-corrected chi connectivity index (χ4v) is 7.28. The Labute approximate surface area is 218 Å². The number of carbonyl (C=O) groups is 1. The van der Waals surface area contributed by atoms with Crippen LogP contribution in [0.15, 0.2) is 47.5 Å². The summed E-state index contributed by atoms with van der Waals surface area (Å²) >= 11 is 0. The maximum absolute atomic E-state index is 15.2. The molecule has 0 radical (unpaired) electrons. The van der Waals surface area contributed by atoms with Gasteiger partial charge in [0, 0.05) is 21.7 Å². The molecular weight excluding hydrogens is 493 g/mol. The van der Waals surface area contributed by atoms with E-state index in [1.54, 1.807) is 46.1 Å². The number of aromatic nitrogens is 1. The zero-order chi connectivity index (χ0) is 26.5. The number of aliphatic imine (C=N–C) groups is 1. The number of benzene rings is 2. The number of ether oxygens (including phenoxy) is 2. The number of hydrogen-bond acceptors (Lipinski definition) is 6. The van der Waals surface area contributed by atoms with E-state index in [9.17, 15) is 9.00 Å². The second-order valence-corrected chi connectivity index (χ2v) is 12.5. The minimum atomic E-state index is -1.25. The van der Waals surface area contributed by atoms with Crippen molar-refractivity contribution in [3.63, 3.8) is 0 Å². The molecule has 1 aliphatic heterocycles. The minimum Gasteiger partial charge on any atom is -0.495 e. The van der Waals surface area contributed by atoms with Crippen LogP contribution in [0.2, 0.25) is 0 Å². The zero-order valence-corrected chi connectivity index (χ0v) is 22.4. The van der Waals surface area contributed by atoms with E-state index in [4.69, 9.17) is 15.2 Å². The van der Waals surface area contributed by atoms with Gasteiger partial charge in [-0.3, -0.25) is 9.20 Å². The number of nitrogens with two attached hydrogens (primary N) is 1. The summed E-state index contributed by atoms with van der Waals surface area (Å²) in [6.45, 7) is 5.39. The van der Waals surface area contributed by atoms with E-state index in [0.29, 0.717) is 33.9 Å². The van der Waals surface area contributed by atoms with Crippen molar-refractivity contribution in [1.29, 1.82) is 0 Å². The van der Waals surface area contributed by atoms with Crippen LogP contribution in [0, 0.1) is 5.82 Å². The number of methoxy groups -OCH3 is 1. The molecule has 1 spiro atoms. The molecule has 3 aromatic rings. The molecule has 1 aliphatic carbocycles.